The van der Waals surface area contributed by atoms with Gasteiger partial charge in [0.1, 0.15) is 58.8 Å². The molecule has 2 aliphatic heterocycles. The zero-order valence-electron chi connectivity index (χ0n) is 41.5. The van der Waals surface area contributed by atoms with Crippen LogP contribution in [0.25, 0.3) is 0 Å². The van der Waals surface area contributed by atoms with Crippen molar-refractivity contribution in [1.29, 1.82) is 0 Å². The topological polar surface area (TPSA) is 425 Å². The Morgan fingerprint density at radius 3 is 1.56 bits per heavy atom. The predicted octanol–water partition coefficient (Wildman–Crippen LogP) is -4.46. The number of hydrogen-bond acceptors (Lipinski definition) is 21. The molecule has 2 aromatic rings. The molecule has 418 valence electrons. The molecule has 4 unspecified atom stereocenters. The quantitative estimate of drug-likeness (QED) is 0.0370. The normalized spacial score (nSPS) is 24.8. The van der Waals surface area contributed by atoms with Crippen molar-refractivity contribution in [3.63, 3.8) is 0 Å². The number of amides is 9. The van der Waals surface area contributed by atoms with Gasteiger partial charge in [-0.15, -0.1) is 0 Å². The highest BCUT2D eigenvalue weighted by molar-refractivity contribution is 8.01. The number of phenolic OH excluding ortho intramolecular Hbond substituents is 2. The fourth-order valence-electron chi connectivity index (χ4n) is 6.92. The molecule has 2 aliphatic rings. The maximum atomic E-state index is 13.9. The fourth-order valence-corrected chi connectivity index (χ4v) is 8.20. The van der Waals surface area contributed by atoms with Crippen LogP contribution in [0.2, 0.25) is 0 Å². The van der Waals surface area contributed by atoms with Gasteiger partial charge in [0.15, 0.2) is 5.57 Å². The summed E-state index contributed by atoms with van der Waals surface area (Å²) in [5.41, 5.74) is -0.128. The third kappa shape index (κ3) is 19.2. The molecule has 2 fully saturated rings. The number of aliphatic hydroxyl groups excluding tert-OH is 1. The minimum absolute atomic E-state index is 0.138. The number of cyclic esters (lactones) is 2. The molecule has 2 aromatic carbocycles. The van der Waals surface area contributed by atoms with Crippen molar-refractivity contribution < 1.29 is 87.4 Å². The number of benzene rings is 2. The molecule has 28 nitrogen and oxygen atoms in total. The van der Waals surface area contributed by atoms with Crippen molar-refractivity contribution in [2.45, 2.75) is 101 Å². The smallest absolute Gasteiger partial charge is 0.351 e. The molecular formula is C46H58N10O18S3. The number of hydrogen-bond donors (Lipinski definition) is 16. The molecule has 0 radical (unpaired) electrons. The molecule has 0 aliphatic carbocycles. The van der Waals surface area contributed by atoms with Crippen molar-refractivity contribution in [2.24, 2.45) is 0 Å². The third-order valence-corrected chi connectivity index (χ3v) is 12.4. The lowest BCUT2D eigenvalue weighted by molar-refractivity contribution is -0.222. The number of aliphatic carboxylic acids is 1. The number of aliphatic hydroxyl groups is 1. The van der Waals surface area contributed by atoms with E-state index < -0.39 is 167 Å². The Kier molecular flexibility index (Phi) is 22.9. The van der Waals surface area contributed by atoms with Gasteiger partial charge in [0, 0.05) is 38.2 Å². The molecule has 0 spiro atoms. The first-order valence-corrected chi connectivity index (χ1v) is 25.3. The molecule has 77 heavy (non-hydrogen) atoms. The van der Waals surface area contributed by atoms with Crippen LogP contribution in [-0.2, 0) is 79.8 Å². The molecule has 14 N–H and O–H groups in total. The number of carbonyl (C=O) groups is 12. The Morgan fingerprint density at radius 1 is 0.623 bits per heavy atom. The van der Waals surface area contributed by atoms with Gasteiger partial charge in [-0.25, -0.2) is 14.3 Å². The van der Waals surface area contributed by atoms with Crippen molar-refractivity contribution in [2.75, 3.05) is 24.6 Å². The van der Waals surface area contributed by atoms with E-state index in [2.05, 4.69) is 77.8 Å². The van der Waals surface area contributed by atoms with Crippen LogP contribution < -0.4 is 52.6 Å². The number of rotatable bonds is 9. The zero-order chi connectivity index (χ0) is 57.3. The summed E-state index contributed by atoms with van der Waals surface area (Å²) in [6.45, 7) is 3.13. The lowest BCUT2D eigenvalue weighted by atomic mass is 10.0. The first-order chi connectivity index (χ1) is 36.2. The number of nitrogens with one attached hydrogen (secondary N) is 10. The van der Waals surface area contributed by atoms with Gasteiger partial charge in [0.05, 0.1) is 25.6 Å². The monoisotopic (exact) mass is 1130 g/mol. The largest absolute Gasteiger partial charge is 0.508 e. The van der Waals surface area contributed by atoms with Crippen molar-refractivity contribution in [3.8, 4) is 11.5 Å². The van der Waals surface area contributed by atoms with Crippen molar-refractivity contribution in [1.82, 2.24) is 52.6 Å². The van der Waals surface area contributed by atoms with E-state index in [1.165, 1.54) is 62.4 Å². The second-order valence-electron chi connectivity index (χ2n) is 17.6. The van der Waals surface area contributed by atoms with Crippen molar-refractivity contribution in [3.05, 3.63) is 70.3 Å². The Bertz CT molecular complexity index is 2600. The second kappa shape index (κ2) is 28.5. The Morgan fingerprint density at radius 2 is 1.06 bits per heavy atom. The number of thiol groups is 2. The molecule has 0 saturated carbocycles. The van der Waals surface area contributed by atoms with E-state index >= 15 is 0 Å². The summed E-state index contributed by atoms with van der Waals surface area (Å²) < 4.78 is 12.8. The maximum Gasteiger partial charge on any atom is 0.351 e. The van der Waals surface area contributed by atoms with Crippen LogP contribution in [0.15, 0.2) is 59.1 Å². The van der Waals surface area contributed by atoms with E-state index in [-0.39, 0.29) is 24.3 Å². The highest BCUT2D eigenvalue weighted by Gasteiger charge is 2.42. The SMILES string of the molecule is C[C@@H]1NC(=O)C(CS)NC(=O)C(CC(=O)O)NC(=O)[C@H](CS)NC(=O)C(Cc2ccc(O)cc2)NC(=O)CNC(=O)C(Cc2ccc(O)cc2)NC(=O)[C@H]([C@@H](C)O)NC(=O)CNSC(=C2C(=O)OC(C)(C)OC2=O)NC1=O. The molecule has 9 amide bonds. The van der Waals surface area contributed by atoms with Gasteiger partial charge in [-0.2, -0.15) is 25.3 Å². The summed E-state index contributed by atoms with van der Waals surface area (Å²) in [6, 6.07) is -0.789. The second-order valence-corrected chi connectivity index (χ2v) is 19.2. The van der Waals surface area contributed by atoms with E-state index in [1.807, 2.05) is 0 Å². The van der Waals surface area contributed by atoms with Gasteiger partial charge in [-0.1, -0.05) is 24.3 Å². The average molecular weight is 1140 g/mol. The van der Waals surface area contributed by atoms with Crippen LogP contribution in [0.3, 0.4) is 0 Å². The summed E-state index contributed by atoms with van der Waals surface area (Å²) in [6.07, 6.45) is -3.29. The highest BCUT2D eigenvalue weighted by atomic mass is 32.2. The number of esters is 2. The lowest BCUT2D eigenvalue weighted by Crippen LogP contribution is -2.60. The van der Waals surface area contributed by atoms with E-state index in [0.29, 0.717) is 23.1 Å². The first kappa shape index (κ1) is 61.9. The third-order valence-electron chi connectivity index (χ3n) is 10.9. The molecule has 2 saturated heterocycles. The van der Waals surface area contributed by atoms with Crippen LogP contribution in [0, 0.1) is 0 Å². The van der Waals surface area contributed by atoms with Gasteiger partial charge in [-0.05, 0) is 61.2 Å². The molecule has 31 heteroatoms. The van der Waals surface area contributed by atoms with Crippen LogP contribution in [0.1, 0.15) is 45.2 Å². The minimum atomic E-state index is -1.92. The van der Waals surface area contributed by atoms with Crippen LogP contribution in [0.4, 0.5) is 0 Å². The van der Waals surface area contributed by atoms with Crippen LogP contribution in [-0.4, -0.2) is 170 Å². The number of carbonyl (C=O) groups excluding carboxylic acids is 11. The molecule has 0 aromatic heterocycles. The van der Waals surface area contributed by atoms with E-state index in [9.17, 15) is 78.0 Å². The number of ether oxygens (including phenoxy) is 2. The molecule has 2 heterocycles. The number of phenols is 2. The van der Waals surface area contributed by atoms with E-state index in [4.69, 9.17) is 9.47 Å². The Labute approximate surface area is 454 Å². The van der Waals surface area contributed by atoms with E-state index in [1.54, 1.807) is 0 Å². The molecule has 8 atom stereocenters. The number of aromatic hydroxyl groups is 2. The standard InChI is InChI=1S/C46H58N10O18S3/c1-20-36(64)56-43(34-44(71)73-46(3,4)74-45(34)72)77-48-17-32(61)55-35(21(2)57)42(70)52-26(13-22-5-9-24(58)10-6-22)37(65)47-16-31(60)50-27(14-23-7-11-25(59)12-8-23)38(66)54-30(19-76)41(69)51-28(15-33(62)63)39(67)53-29(18-75)40(68)49-20/h5-12,20-21,26-30,35,48,57-59,75-76H,13-19H2,1-4H3,(H,47,65)(H,49,68)(H,50,60)(H,51,69)(H,52,70)(H,53,67)(H,54,66)(H,55,61)(H,56,64)(H,62,63)/t20-,21+,26?,27?,28?,29?,30-,35-/m0/s1. The zero-order valence-corrected chi connectivity index (χ0v) is 44.1. The highest BCUT2D eigenvalue weighted by Crippen LogP contribution is 2.27. The fraction of sp³-hybridized carbons (Fsp3) is 0.435. The van der Waals surface area contributed by atoms with Crippen molar-refractivity contribution >= 4 is 108 Å². The summed E-state index contributed by atoms with van der Waals surface area (Å²) in [7, 11) is 0. The predicted molar refractivity (Wildman–Crippen MR) is 274 cm³/mol. The molecule has 4 rings (SSSR count). The Balaban J connectivity index is 1.74. The van der Waals surface area contributed by atoms with Crippen LogP contribution in [0.5, 0.6) is 11.5 Å². The lowest BCUT2D eigenvalue weighted by Gasteiger charge is -2.30. The van der Waals surface area contributed by atoms with Gasteiger partial charge in [0.2, 0.25) is 53.2 Å². The minimum Gasteiger partial charge on any atom is -0.508 e. The molecular weight excluding hydrogens is 1080 g/mol. The van der Waals surface area contributed by atoms with Gasteiger partial charge in [0.25, 0.3) is 5.79 Å². The Hall–Kier alpha value is -7.61. The maximum absolute atomic E-state index is 13.9. The van der Waals surface area contributed by atoms with Crippen LogP contribution >= 0.6 is 37.2 Å². The summed E-state index contributed by atoms with van der Waals surface area (Å²) in [4.78, 5) is 161. The first-order valence-electron chi connectivity index (χ1n) is 23.2. The van der Waals surface area contributed by atoms with Gasteiger partial charge >= 0.3 is 17.9 Å². The average Bonchev–Trinajstić information content (AvgIpc) is 3.34. The van der Waals surface area contributed by atoms with E-state index in [0.717, 1.165) is 13.8 Å². The number of carboxylic acid groups (broad SMARTS) is 1. The summed E-state index contributed by atoms with van der Waals surface area (Å²) in [5.74, 6) is -16.9. The van der Waals surface area contributed by atoms with Gasteiger partial charge in [-0.3, -0.25) is 47.9 Å². The molecule has 0 bridgehead atoms. The summed E-state index contributed by atoms with van der Waals surface area (Å²) >= 11 is 8.54. The number of carboxylic acids is 1. The summed E-state index contributed by atoms with van der Waals surface area (Å²) in [5, 5.41) is 60.3. The van der Waals surface area contributed by atoms with Gasteiger partial charge < -0.3 is 77.8 Å².